The molecule has 1 aromatic carbocycles. The molecule has 0 aliphatic carbocycles. The zero-order valence-corrected chi connectivity index (χ0v) is 15.0. The molecule has 0 aliphatic heterocycles. The number of H-pyrrole nitrogens is 2. The lowest BCUT2D eigenvalue weighted by Gasteiger charge is -2.12. The molecule has 2 heterocycles. The molecule has 2 aromatic heterocycles. The number of ether oxygens (including phenoxy) is 1. The van der Waals surface area contributed by atoms with E-state index in [-0.39, 0.29) is 5.69 Å². The van der Waals surface area contributed by atoms with E-state index in [0.29, 0.717) is 16.7 Å². The quantitative estimate of drug-likeness (QED) is 0.474. The Kier molecular flexibility index (Phi) is 5.04. The van der Waals surface area contributed by atoms with Gasteiger partial charge in [0.25, 0.3) is 5.91 Å². The number of fused-ring (bicyclic) bond motifs is 1. The predicted octanol–water partition coefficient (Wildman–Crippen LogP) is 2.81. The number of amides is 1. The van der Waals surface area contributed by atoms with Gasteiger partial charge in [0.15, 0.2) is 6.10 Å². The number of esters is 1. The number of carbonyl (C=O) groups excluding carboxylic acids is 2. The largest absolute Gasteiger partial charge is 0.449 e. The maximum Gasteiger partial charge on any atom is 0.331 e. The smallest absolute Gasteiger partial charge is 0.331 e. The van der Waals surface area contributed by atoms with Gasteiger partial charge in [-0.2, -0.15) is 0 Å². The van der Waals surface area contributed by atoms with E-state index in [0.717, 1.165) is 9.75 Å². The predicted molar refractivity (Wildman–Crippen MR) is 101 cm³/mol. The van der Waals surface area contributed by atoms with Gasteiger partial charge in [0.05, 0.1) is 11.0 Å². The summed E-state index contributed by atoms with van der Waals surface area (Å²) >= 11 is 1.56. The Balaban J connectivity index is 1.58. The van der Waals surface area contributed by atoms with Crippen LogP contribution in [0.2, 0.25) is 0 Å². The molecule has 134 valence electrons. The third-order valence-corrected chi connectivity index (χ3v) is 4.56. The van der Waals surface area contributed by atoms with Crippen molar-refractivity contribution in [1.82, 2.24) is 9.97 Å². The summed E-state index contributed by atoms with van der Waals surface area (Å²) in [5.74, 6) is -1.06. The minimum absolute atomic E-state index is 0.321. The minimum atomic E-state index is -0.960. The molecule has 7 nitrogen and oxygen atoms in total. The zero-order chi connectivity index (χ0) is 18.7. The van der Waals surface area contributed by atoms with Gasteiger partial charge in [-0.15, -0.1) is 11.3 Å². The SMILES string of the molecule is Cc1ccc(/C=C/C(=O)O[C@@H](C)C(=O)Nc2ccc3[nH]c(=O)[nH]c3c2)s1. The van der Waals surface area contributed by atoms with E-state index in [1.54, 1.807) is 35.6 Å². The van der Waals surface area contributed by atoms with Crippen LogP contribution in [0, 0.1) is 6.92 Å². The van der Waals surface area contributed by atoms with Gasteiger partial charge in [0.2, 0.25) is 0 Å². The molecule has 0 spiro atoms. The number of hydrogen-bond acceptors (Lipinski definition) is 5. The van der Waals surface area contributed by atoms with Gasteiger partial charge in [-0.25, -0.2) is 9.59 Å². The number of imidazole rings is 1. The maximum absolute atomic E-state index is 12.2. The molecule has 26 heavy (non-hydrogen) atoms. The fourth-order valence-electron chi connectivity index (χ4n) is 2.31. The van der Waals surface area contributed by atoms with Crippen molar-refractivity contribution in [3.63, 3.8) is 0 Å². The second kappa shape index (κ2) is 7.40. The number of rotatable bonds is 5. The molecule has 0 aliphatic rings. The molecule has 3 N–H and O–H groups in total. The first kappa shape index (κ1) is 17.7. The number of benzene rings is 1. The fraction of sp³-hybridized carbons (Fsp3) is 0.167. The third-order valence-electron chi connectivity index (χ3n) is 3.59. The molecule has 3 rings (SSSR count). The van der Waals surface area contributed by atoms with Crippen LogP contribution < -0.4 is 11.0 Å². The first-order valence-electron chi connectivity index (χ1n) is 7.89. The Labute approximate surface area is 152 Å². The Morgan fingerprint density at radius 3 is 2.69 bits per heavy atom. The number of carbonyl (C=O) groups is 2. The van der Waals surface area contributed by atoms with Gasteiger partial charge >= 0.3 is 11.7 Å². The summed E-state index contributed by atoms with van der Waals surface area (Å²) in [7, 11) is 0. The van der Waals surface area contributed by atoms with Crippen LogP contribution in [0.25, 0.3) is 17.1 Å². The molecule has 1 amide bonds. The van der Waals surface area contributed by atoms with Crippen LogP contribution in [0.3, 0.4) is 0 Å². The monoisotopic (exact) mass is 371 g/mol. The second-order valence-electron chi connectivity index (χ2n) is 5.69. The Bertz CT molecular complexity index is 1040. The summed E-state index contributed by atoms with van der Waals surface area (Å²) in [5.41, 5.74) is 1.39. The third kappa shape index (κ3) is 4.28. The van der Waals surface area contributed by atoms with Crippen molar-refractivity contribution in [2.24, 2.45) is 0 Å². The maximum atomic E-state index is 12.2. The lowest BCUT2D eigenvalue weighted by atomic mass is 10.2. The molecular weight excluding hydrogens is 354 g/mol. The number of aryl methyl sites for hydroxylation is 1. The van der Waals surface area contributed by atoms with Crippen molar-refractivity contribution < 1.29 is 14.3 Å². The number of aromatic amines is 2. The Hall–Kier alpha value is -3.13. The van der Waals surface area contributed by atoms with E-state index in [1.165, 1.54) is 13.0 Å². The van der Waals surface area contributed by atoms with Crippen molar-refractivity contribution in [3.8, 4) is 0 Å². The molecule has 1 atom stereocenters. The zero-order valence-electron chi connectivity index (χ0n) is 14.2. The highest BCUT2D eigenvalue weighted by Crippen LogP contribution is 2.17. The van der Waals surface area contributed by atoms with Crippen LogP contribution in [0.15, 0.2) is 41.2 Å². The number of thiophene rings is 1. The molecule has 3 aromatic rings. The molecule has 0 fully saturated rings. The summed E-state index contributed by atoms with van der Waals surface area (Å²) < 4.78 is 5.11. The number of aromatic nitrogens is 2. The summed E-state index contributed by atoms with van der Waals surface area (Å²) in [4.78, 5) is 42.6. The topological polar surface area (TPSA) is 104 Å². The van der Waals surface area contributed by atoms with Crippen molar-refractivity contribution >= 4 is 46.0 Å². The number of hydrogen-bond donors (Lipinski definition) is 3. The molecule has 0 saturated heterocycles. The molecule has 0 saturated carbocycles. The van der Waals surface area contributed by atoms with E-state index in [4.69, 9.17) is 4.74 Å². The van der Waals surface area contributed by atoms with Crippen LogP contribution >= 0.6 is 11.3 Å². The van der Waals surface area contributed by atoms with Crippen molar-refractivity contribution in [2.45, 2.75) is 20.0 Å². The van der Waals surface area contributed by atoms with Gasteiger partial charge in [-0.3, -0.25) is 4.79 Å². The van der Waals surface area contributed by atoms with E-state index in [2.05, 4.69) is 15.3 Å². The lowest BCUT2D eigenvalue weighted by molar-refractivity contribution is -0.148. The second-order valence-corrected chi connectivity index (χ2v) is 7.01. The normalized spacial score (nSPS) is 12.4. The van der Waals surface area contributed by atoms with E-state index in [9.17, 15) is 14.4 Å². The molecule has 0 bridgehead atoms. The Morgan fingerprint density at radius 1 is 1.19 bits per heavy atom. The van der Waals surface area contributed by atoms with Gasteiger partial charge in [0, 0.05) is 21.5 Å². The van der Waals surface area contributed by atoms with Gasteiger partial charge in [-0.05, 0) is 50.3 Å². The molecular formula is C18H17N3O4S. The average molecular weight is 371 g/mol. The van der Waals surface area contributed by atoms with Crippen LogP contribution in [0.1, 0.15) is 16.7 Å². The van der Waals surface area contributed by atoms with E-state index < -0.39 is 18.0 Å². The Morgan fingerprint density at radius 2 is 1.96 bits per heavy atom. The highest BCUT2D eigenvalue weighted by Gasteiger charge is 2.17. The van der Waals surface area contributed by atoms with Crippen LogP contribution in [-0.2, 0) is 14.3 Å². The number of anilines is 1. The van der Waals surface area contributed by atoms with Gasteiger partial charge in [0.1, 0.15) is 0 Å². The van der Waals surface area contributed by atoms with Gasteiger partial charge < -0.3 is 20.0 Å². The standard InChI is InChI=1S/C18H17N3O4S/c1-10-3-5-13(26-10)6-8-16(22)25-11(2)17(23)19-12-4-7-14-15(9-12)21-18(24)20-14/h3-9,11H,1-2H3,(H,19,23)(H2,20,21,24)/b8-6+/t11-/m0/s1. The van der Waals surface area contributed by atoms with Crippen molar-refractivity contribution in [2.75, 3.05) is 5.32 Å². The van der Waals surface area contributed by atoms with Crippen LogP contribution in [-0.4, -0.2) is 27.9 Å². The van der Waals surface area contributed by atoms with Gasteiger partial charge in [-0.1, -0.05) is 0 Å². The highest BCUT2D eigenvalue weighted by atomic mass is 32.1. The first-order valence-corrected chi connectivity index (χ1v) is 8.70. The first-order chi connectivity index (χ1) is 12.4. The summed E-state index contributed by atoms with van der Waals surface area (Å²) in [6.45, 7) is 3.47. The van der Waals surface area contributed by atoms with Crippen molar-refractivity contribution in [1.29, 1.82) is 0 Å². The summed E-state index contributed by atoms with van der Waals surface area (Å²) in [6, 6.07) is 8.81. The summed E-state index contributed by atoms with van der Waals surface area (Å²) in [5, 5.41) is 2.65. The molecule has 0 radical (unpaired) electrons. The van der Waals surface area contributed by atoms with Crippen LogP contribution in [0.5, 0.6) is 0 Å². The van der Waals surface area contributed by atoms with E-state index >= 15 is 0 Å². The van der Waals surface area contributed by atoms with Crippen LogP contribution in [0.4, 0.5) is 5.69 Å². The average Bonchev–Trinajstić information content (AvgIpc) is 3.16. The summed E-state index contributed by atoms with van der Waals surface area (Å²) in [6.07, 6.45) is 1.99. The van der Waals surface area contributed by atoms with E-state index in [1.807, 2.05) is 19.1 Å². The number of nitrogens with one attached hydrogen (secondary N) is 3. The highest BCUT2D eigenvalue weighted by molar-refractivity contribution is 7.12. The molecule has 8 heteroatoms. The lowest BCUT2D eigenvalue weighted by Crippen LogP contribution is -2.29. The fourth-order valence-corrected chi connectivity index (χ4v) is 3.09. The van der Waals surface area contributed by atoms with Crippen molar-refractivity contribution in [3.05, 3.63) is 56.6 Å². The molecule has 0 unspecified atom stereocenters. The minimum Gasteiger partial charge on any atom is -0.449 e.